The summed E-state index contributed by atoms with van der Waals surface area (Å²) in [6, 6.07) is 0. The third-order valence-electron chi connectivity index (χ3n) is 2.08. The van der Waals surface area contributed by atoms with Gasteiger partial charge in [-0.3, -0.25) is 4.79 Å². The lowest BCUT2D eigenvalue weighted by atomic mass is 9.92. The largest absolute Gasteiger partial charge is 0.481 e. The van der Waals surface area contributed by atoms with Crippen LogP contribution in [0.1, 0.15) is 26.7 Å². The maximum atomic E-state index is 10.2. The fourth-order valence-electron chi connectivity index (χ4n) is 0.846. The Morgan fingerprint density at radius 3 is 2.55 bits per heavy atom. The highest BCUT2D eigenvalue weighted by Crippen LogP contribution is 2.16. The van der Waals surface area contributed by atoms with Gasteiger partial charge in [-0.25, -0.2) is 0 Å². The Balaban J connectivity index is 3.59. The minimum atomic E-state index is -0.715. The van der Waals surface area contributed by atoms with Gasteiger partial charge in [0.15, 0.2) is 0 Å². The molecule has 1 N–H and O–H groups in total. The molecule has 0 aliphatic carbocycles. The summed E-state index contributed by atoms with van der Waals surface area (Å²) in [5, 5.41) is 8.39. The molecule has 0 heterocycles. The van der Waals surface area contributed by atoms with Crippen LogP contribution in [0.5, 0.6) is 0 Å². The molecule has 0 spiro atoms. The molecular formula is C9H16O2. The predicted octanol–water partition coefficient (Wildman–Crippen LogP) is 2.31. The van der Waals surface area contributed by atoms with Crippen molar-refractivity contribution in [1.82, 2.24) is 0 Å². The molecule has 0 fully saturated rings. The molecule has 0 unspecified atom stereocenters. The first-order chi connectivity index (χ1) is 5.07. The third-order valence-corrected chi connectivity index (χ3v) is 2.08. The van der Waals surface area contributed by atoms with Gasteiger partial charge in [0.1, 0.15) is 0 Å². The topological polar surface area (TPSA) is 37.3 Å². The minimum absolute atomic E-state index is 0.263. The number of carboxylic acids is 1. The third kappa shape index (κ3) is 4.59. The van der Waals surface area contributed by atoms with Crippen molar-refractivity contribution in [3.63, 3.8) is 0 Å². The molecule has 0 aliphatic rings. The highest BCUT2D eigenvalue weighted by atomic mass is 16.4. The zero-order valence-corrected chi connectivity index (χ0v) is 7.21. The molecule has 2 heteroatoms. The van der Waals surface area contributed by atoms with Crippen LogP contribution in [0, 0.1) is 11.8 Å². The van der Waals surface area contributed by atoms with E-state index in [-0.39, 0.29) is 6.42 Å². The Bertz CT molecular complexity index is 140. The number of carboxylic acid groups (broad SMARTS) is 1. The summed E-state index contributed by atoms with van der Waals surface area (Å²) >= 11 is 0. The summed E-state index contributed by atoms with van der Waals surface area (Å²) in [4.78, 5) is 10.2. The molecule has 0 amide bonds. The number of carbonyl (C=O) groups is 1. The van der Waals surface area contributed by atoms with E-state index in [2.05, 4.69) is 20.4 Å². The van der Waals surface area contributed by atoms with Crippen LogP contribution in [-0.2, 0) is 4.79 Å². The van der Waals surface area contributed by atoms with Gasteiger partial charge in [0.25, 0.3) is 0 Å². The van der Waals surface area contributed by atoms with Crippen LogP contribution in [-0.4, -0.2) is 11.1 Å². The van der Waals surface area contributed by atoms with Crippen molar-refractivity contribution in [2.75, 3.05) is 0 Å². The van der Waals surface area contributed by atoms with E-state index >= 15 is 0 Å². The van der Waals surface area contributed by atoms with Crippen LogP contribution in [0.3, 0.4) is 0 Å². The lowest BCUT2D eigenvalue weighted by Crippen LogP contribution is -2.07. The molecular weight excluding hydrogens is 140 g/mol. The average molecular weight is 156 g/mol. The van der Waals surface area contributed by atoms with Crippen LogP contribution in [0.2, 0.25) is 0 Å². The molecule has 0 radical (unpaired) electrons. The van der Waals surface area contributed by atoms with Gasteiger partial charge in [0, 0.05) is 6.42 Å². The van der Waals surface area contributed by atoms with Crippen LogP contribution in [0.4, 0.5) is 0 Å². The van der Waals surface area contributed by atoms with Gasteiger partial charge in [-0.15, -0.1) is 6.58 Å². The molecule has 0 saturated heterocycles. The van der Waals surface area contributed by atoms with Crippen molar-refractivity contribution in [3.05, 3.63) is 12.7 Å². The van der Waals surface area contributed by atoms with Gasteiger partial charge in [-0.2, -0.15) is 0 Å². The fourth-order valence-corrected chi connectivity index (χ4v) is 0.846. The summed E-state index contributed by atoms with van der Waals surface area (Å²) in [5.74, 6) is 0.117. The molecule has 2 nitrogen and oxygen atoms in total. The quantitative estimate of drug-likeness (QED) is 0.620. The van der Waals surface area contributed by atoms with E-state index in [1.807, 2.05) is 6.08 Å². The van der Waals surface area contributed by atoms with Gasteiger partial charge in [-0.1, -0.05) is 19.9 Å². The summed E-state index contributed by atoms with van der Waals surface area (Å²) < 4.78 is 0. The zero-order chi connectivity index (χ0) is 8.85. The Morgan fingerprint density at radius 2 is 2.18 bits per heavy atom. The minimum Gasteiger partial charge on any atom is -0.481 e. The highest BCUT2D eigenvalue weighted by molar-refractivity contribution is 5.66. The molecule has 64 valence electrons. The van der Waals surface area contributed by atoms with Gasteiger partial charge < -0.3 is 5.11 Å². The van der Waals surface area contributed by atoms with Gasteiger partial charge in [0.2, 0.25) is 0 Å². The number of rotatable bonds is 5. The van der Waals surface area contributed by atoms with Crippen molar-refractivity contribution in [2.45, 2.75) is 26.7 Å². The molecule has 0 aliphatic heterocycles. The average Bonchev–Trinajstić information content (AvgIpc) is 1.98. The van der Waals surface area contributed by atoms with Crippen molar-refractivity contribution in [1.29, 1.82) is 0 Å². The summed E-state index contributed by atoms with van der Waals surface area (Å²) in [5.41, 5.74) is 0. The lowest BCUT2D eigenvalue weighted by molar-refractivity contribution is -0.137. The summed E-state index contributed by atoms with van der Waals surface area (Å²) in [6.07, 6.45) is 2.87. The van der Waals surface area contributed by atoms with Crippen molar-refractivity contribution in [2.24, 2.45) is 11.8 Å². The van der Waals surface area contributed by atoms with Crippen molar-refractivity contribution >= 4 is 5.97 Å². The second-order valence-electron chi connectivity index (χ2n) is 3.00. The molecule has 11 heavy (non-hydrogen) atoms. The second-order valence-corrected chi connectivity index (χ2v) is 3.00. The van der Waals surface area contributed by atoms with Crippen LogP contribution in [0.25, 0.3) is 0 Å². The summed E-state index contributed by atoms with van der Waals surface area (Å²) in [6.45, 7) is 7.77. The summed E-state index contributed by atoms with van der Waals surface area (Å²) in [7, 11) is 0. The molecule has 0 saturated carbocycles. The molecule has 0 aromatic heterocycles. The first kappa shape index (κ1) is 10.2. The molecule has 0 bridgehead atoms. The van der Waals surface area contributed by atoms with Gasteiger partial charge >= 0.3 is 5.97 Å². The first-order valence-electron chi connectivity index (χ1n) is 3.92. The maximum absolute atomic E-state index is 10.2. The molecule has 0 aromatic carbocycles. The van der Waals surface area contributed by atoms with E-state index in [4.69, 9.17) is 5.11 Å². The van der Waals surface area contributed by atoms with E-state index in [9.17, 15) is 4.79 Å². The standard InChI is InChI=1S/C9H16O2/c1-4-7(2)8(3)5-6-9(10)11/h4,7-8H,1,5-6H2,2-3H3,(H,10,11)/t7-,8-/m0/s1. The van der Waals surface area contributed by atoms with E-state index < -0.39 is 5.97 Å². The van der Waals surface area contributed by atoms with E-state index in [0.717, 1.165) is 6.42 Å². The van der Waals surface area contributed by atoms with E-state index in [1.165, 1.54) is 0 Å². The van der Waals surface area contributed by atoms with Crippen LogP contribution >= 0.6 is 0 Å². The van der Waals surface area contributed by atoms with Crippen molar-refractivity contribution in [3.8, 4) is 0 Å². The zero-order valence-electron chi connectivity index (χ0n) is 7.21. The Labute approximate surface area is 67.9 Å². The number of aliphatic carboxylic acids is 1. The fraction of sp³-hybridized carbons (Fsp3) is 0.667. The van der Waals surface area contributed by atoms with E-state index in [0.29, 0.717) is 11.8 Å². The smallest absolute Gasteiger partial charge is 0.303 e. The molecule has 0 aromatic rings. The van der Waals surface area contributed by atoms with Crippen LogP contribution < -0.4 is 0 Å². The number of hydrogen-bond acceptors (Lipinski definition) is 1. The van der Waals surface area contributed by atoms with E-state index in [1.54, 1.807) is 0 Å². The van der Waals surface area contributed by atoms with Crippen molar-refractivity contribution < 1.29 is 9.90 Å². The predicted molar refractivity (Wildman–Crippen MR) is 45.4 cm³/mol. The lowest BCUT2D eigenvalue weighted by Gasteiger charge is -2.14. The monoisotopic (exact) mass is 156 g/mol. The van der Waals surface area contributed by atoms with Gasteiger partial charge in [-0.05, 0) is 18.3 Å². The molecule has 2 atom stereocenters. The Kier molecular flexibility index (Phi) is 4.59. The van der Waals surface area contributed by atoms with Gasteiger partial charge in [0.05, 0.1) is 0 Å². The first-order valence-corrected chi connectivity index (χ1v) is 3.92. The van der Waals surface area contributed by atoms with Crippen LogP contribution in [0.15, 0.2) is 12.7 Å². The number of hydrogen-bond donors (Lipinski definition) is 1. The number of allylic oxidation sites excluding steroid dienone is 1. The Hall–Kier alpha value is -0.790. The highest BCUT2D eigenvalue weighted by Gasteiger charge is 2.09. The molecule has 0 rings (SSSR count). The SMILES string of the molecule is C=C[C@H](C)[C@@H](C)CCC(=O)O. The normalized spacial score (nSPS) is 15.5. The second kappa shape index (κ2) is 4.94. The maximum Gasteiger partial charge on any atom is 0.303 e. The Morgan fingerprint density at radius 1 is 1.64 bits per heavy atom.